The lowest BCUT2D eigenvalue weighted by Crippen LogP contribution is -2.26. The number of benzene rings is 2. The zero-order valence-electron chi connectivity index (χ0n) is 14.6. The number of alkyl halides is 1. The van der Waals surface area contributed by atoms with Crippen molar-refractivity contribution in [1.82, 2.24) is 0 Å². The number of fused-ring (bicyclic) bond motifs is 1. The number of hydrogen-bond donors (Lipinski definition) is 0. The fourth-order valence-corrected chi connectivity index (χ4v) is 3.40. The minimum atomic E-state index is 0.199. The Hall–Kier alpha value is -1.22. The molecule has 0 aliphatic heterocycles. The van der Waals surface area contributed by atoms with Crippen LogP contribution in [-0.4, -0.2) is 17.5 Å². The maximum Gasteiger partial charge on any atom is 0.123 e. The van der Waals surface area contributed by atoms with Crippen LogP contribution in [0.4, 0.5) is 0 Å². The van der Waals surface area contributed by atoms with E-state index in [0.29, 0.717) is 11.4 Å². The van der Waals surface area contributed by atoms with Gasteiger partial charge in [0.25, 0.3) is 0 Å². The molecule has 0 N–H and O–H groups in total. The number of rotatable bonds is 8. The molecule has 2 nitrogen and oxygen atoms in total. The fourth-order valence-electron chi connectivity index (χ4n) is 2.92. The average Bonchev–Trinajstić information content (AvgIpc) is 2.58. The quantitative estimate of drug-likeness (QED) is 0.514. The van der Waals surface area contributed by atoms with Crippen molar-refractivity contribution < 1.29 is 9.47 Å². The topological polar surface area (TPSA) is 18.5 Å². The van der Waals surface area contributed by atoms with Gasteiger partial charge >= 0.3 is 0 Å². The van der Waals surface area contributed by atoms with Gasteiger partial charge in [0.05, 0.1) is 11.4 Å². The zero-order valence-corrected chi connectivity index (χ0v) is 16.2. The molecule has 0 saturated carbocycles. The van der Waals surface area contributed by atoms with Gasteiger partial charge in [-0.1, -0.05) is 48.8 Å². The summed E-state index contributed by atoms with van der Waals surface area (Å²) in [6.07, 6.45) is 3.21. The molecule has 0 amide bonds. The van der Waals surface area contributed by atoms with Crippen molar-refractivity contribution in [2.75, 3.05) is 6.61 Å². The van der Waals surface area contributed by atoms with E-state index in [1.165, 1.54) is 16.3 Å². The van der Waals surface area contributed by atoms with E-state index in [1.54, 1.807) is 0 Å². The first-order chi connectivity index (χ1) is 11.1. The molecule has 0 saturated heterocycles. The van der Waals surface area contributed by atoms with Crippen LogP contribution in [0.2, 0.25) is 0 Å². The van der Waals surface area contributed by atoms with E-state index in [2.05, 4.69) is 61.0 Å². The van der Waals surface area contributed by atoms with Gasteiger partial charge in [0.1, 0.15) is 17.6 Å². The van der Waals surface area contributed by atoms with Crippen LogP contribution in [0.3, 0.4) is 0 Å². The SMILES string of the molecule is CCOc1ccc2c(CC)c(OC(CC)C(Br)CC)ccc2c1. The van der Waals surface area contributed by atoms with Crippen LogP contribution in [0.15, 0.2) is 30.3 Å². The van der Waals surface area contributed by atoms with Crippen molar-refractivity contribution in [3.05, 3.63) is 35.9 Å². The monoisotopic (exact) mass is 378 g/mol. The molecule has 0 spiro atoms. The summed E-state index contributed by atoms with van der Waals surface area (Å²) < 4.78 is 12.0. The molecule has 0 heterocycles. The smallest absolute Gasteiger partial charge is 0.123 e. The molecule has 0 aromatic heterocycles. The largest absolute Gasteiger partial charge is 0.494 e. The summed E-state index contributed by atoms with van der Waals surface area (Å²) in [5, 5.41) is 2.46. The van der Waals surface area contributed by atoms with Gasteiger partial charge in [-0.3, -0.25) is 0 Å². The van der Waals surface area contributed by atoms with Crippen molar-refractivity contribution in [1.29, 1.82) is 0 Å². The highest BCUT2D eigenvalue weighted by molar-refractivity contribution is 9.09. The number of hydrogen-bond acceptors (Lipinski definition) is 2. The van der Waals surface area contributed by atoms with Crippen LogP contribution >= 0.6 is 15.9 Å². The highest BCUT2D eigenvalue weighted by atomic mass is 79.9. The lowest BCUT2D eigenvalue weighted by molar-refractivity contribution is 0.192. The van der Waals surface area contributed by atoms with Gasteiger partial charge in [0, 0.05) is 5.56 Å². The number of aryl methyl sites for hydroxylation is 1. The van der Waals surface area contributed by atoms with Gasteiger partial charge in [0.2, 0.25) is 0 Å². The standard InChI is InChI=1S/C20H27BrO2/c1-5-16-17-11-10-15(22-8-4)13-14(17)9-12-20(16)23-19(7-3)18(21)6-2/h9-13,18-19H,5-8H2,1-4H3. The highest BCUT2D eigenvalue weighted by Crippen LogP contribution is 2.33. The Bertz CT molecular complexity index is 639. The van der Waals surface area contributed by atoms with E-state index in [9.17, 15) is 0 Å². The van der Waals surface area contributed by atoms with Crippen LogP contribution in [0.5, 0.6) is 11.5 Å². The third kappa shape index (κ3) is 4.20. The molecule has 2 aromatic carbocycles. The third-order valence-corrected chi connectivity index (χ3v) is 5.44. The summed E-state index contributed by atoms with van der Waals surface area (Å²) in [7, 11) is 0. The van der Waals surface area contributed by atoms with Gasteiger partial charge in [-0.15, -0.1) is 0 Å². The van der Waals surface area contributed by atoms with E-state index in [4.69, 9.17) is 9.47 Å². The molecule has 2 rings (SSSR count). The van der Waals surface area contributed by atoms with E-state index in [0.717, 1.165) is 30.8 Å². The van der Waals surface area contributed by atoms with E-state index in [1.807, 2.05) is 13.0 Å². The Morgan fingerprint density at radius 2 is 1.78 bits per heavy atom. The highest BCUT2D eigenvalue weighted by Gasteiger charge is 2.19. The molecular formula is C20H27BrO2. The predicted octanol–water partition coefficient (Wildman–Crippen LogP) is 6.13. The molecular weight excluding hydrogens is 352 g/mol. The molecule has 2 unspecified atom stereocenters. The van der Waals surface area contributed by atoms with E-state index < -0.39 is 0 Å². The fraction of sp³-hybridized carbons (Fsp3) is 0.500. The van der Waals surface area contributed by atoms with Gasteiger partial charge in [-0.2, -0.15) is 0 Å². The molecule has 0 radical (unpaired) electrons. The second kappa shape index (κ2) is 8.58. The first-order valence-electron chi connectivity index (χ1n) is 8.63. The van der Waals surface area contributed by atoms with Gasteiger partial charge in [-0.25, -0.2) is 0 Å². The summed E-state index contributed by atoms with van der Waals surface area (Å²) in [4.78, 5) is 0.383. The van der Waals surface area contributed by atoms with E-state index >= 15 is 0 Å². The van der Waals surface area contributed by atoms with Crippen LogP contribution in [-0.2, 0) is 6.42 Å². The zero-order chi connectivity index (χ0) is 16.8. The Labute approximate surface area is 148 Å². The molecule has 2 aromatic rings. The van der Waals surface area contributed by atoms with Crippen molar-refractivity contribution in [3.63, 3.8) is 0 Å². The van der Waals surface area contributed by atoms with Crippen LogP contribution in [0, 0.1) is 0 Å². The normalized spacial score (nSPS) is 13.8. The molecule has 0 aliphatic rings. The minimum absolute atomic E-state index is 0.199. The van der Waals surface area contributed by atoms with Crippen LogP contribution in [0.1, 0.15) is 46.1 Å². The second-order valence-electron chi connectivity index (χ2n) is 5.70. The Kier molecular flexibility index (Phi) is 6.76. The lowest BCUT2D eigenvalue weighted by atomic mass is 10.0. The summed E-state index contributed by atoms with van der Waals surface area (Å²) >= 11 is 3.74. The molecule has 0 bridgehead atoms. The van der Waals surface area contributed by atoms with E-state index in [-0.39, 0.29) is 6.10 Å². The average molecular weight is 379 g/mol. The first-order valence-corrected chi connectivity index (χ1v) is 9.55. The van der Waals surface area contributed by atoms with Gasteiger partial charge in [-0.05, 0) is 55.2 Å². The van der Waals surface area contributed by atoms with Crippen molar-refractivity contribution in [2.45, 2.75) is 57.9 Å². The molecule has 126 valence electrons. The van der Waals surface area contributed by atoms with Gasteiger partial charge in [0.15, 0.2) is 0 Å². The first kappa shape index (κ1) is 18.1. The second-order valence-corrected chi connectivity index (χ2v) is 6.88. The van der Waals surface area contributed by atoms with Crippen molar-refractivity contribution >= 4 is 26.7 Å². The maximum atomic E-state index is 6.35. The van der Waals surface area contributed by atoms with Crippen molar-refractivity contribution in [2.24, 2.45) is 0 Å². The summed E-state index contributed by atoms with van der Waals surface area (Å²) in [6.45, 7) is 9.24. The summed E-state index contributed by atoms with van der Waals surface area (Å²) in [6, 6.07) is 10.5. The predicted molar refractivity (Wildman–Crippen MR) is 102 cm³/mol. The lowest BCUT2D eigenvalue weighted by Gasteiger charge is -2.24. The molecule has 0 fully saturated rings. The van der Waals surface area contributed by atoms with Gasteiger partial charge < -0.3 is 9.47 Å². The summed E-state index contributed by atoms with van der Waals surface area (Å²) in [5.41, 5.74) is 1.28. The van der Waals surface area contributed by atoms with Crippen molar-refractivity contribution in [3.8, 4) is 11.5 Å². The molecule has 0 aliphatic carbocycles. The van der Waals surface area contributed by atoms with Crippen LogP contribution < -0.4 is 9.47 Å². The Morgan fingerprint density at radius 1 is 1.00 bits per heavy atom. The minimum Gasteiger partial charge on any atom is -0.494 e. The number of ether oxygens (including phenoxy) is 2. The number of halogens is 1. The third-order valence-electron chi connectivity index (χ3n) is 4.20. The molecule has 23 heavy (non-hydrogen) atoms. The van der Waals surface area contributed by atoms with Crippen LogP contribution in [0.25, 0.3) is 10.8 Å². The molecule has 2 atom stereocenters. The maximum absolute atomic E-state index is 6.35. The Morgan fingerprint density at radius 3 is 2.39 bits per heavy atom. The molecule has 3 heteroatoms. The summed E-state index contributed by atoms with van der Waals surface area (Å²) in [5.74, 6) is 1.93. The Balaban J connectivity index is 2.39.